The van der Waals surface area contributed by atoms with Crippen molar-refractivity contribution in [3.8, 4) is 0 Å². The van der Waals surface area contributed by atoms with Crippen molar-refractivity contribution in [3.05, 3.63) is 69.6 Å². The summed E-state index contributed by atoms with van der Waals surface area (Å²) in [5.74, 6) is -0.182. The number of aromatic nitrogens is 1. The van der Waals surface area contributed by atoms with Crippen LogP contribution in [-0.2, 0) is 6.42 Å². The molecule has 1 heterocycles. The first-order valence-electron chi connectivity index (χ1n) is 7.26. The Balaban J connectivity index is 2.12. The van der Waals surface area contributed by atoms with Gasteiger partial charge in [0.05, 0.1) is 12.2 Å². The second kappa shape index (κ2) is 7.56. The number of nitrogens with zero attached hydrogens (tertiary/aromatic N) is 1. The third kappa shape index (κ3) is 4.05. The van der Waals surface area contributed by atoms with Crippen molar-refractivity contribution in [3.63, 3.8) is 0 Å². The summed E-state index contributed by atoms with van der Waals surface area (Å²) >= 11 is 0. The third-order valence-electron chi connectivity index (χ3n) is 3.52. The number of hydrogen-bond donors (Lipinski definition) is 2. The lowest BCUT2D eigenvalue weighted by Crippen LogP contribution is -2.36. The number of carbonyl (C=O) groups excluding carboxylic acids is 1. The SMILES string of the molecule is Cc1[nH]c(=O)ccc1C(=O)N(CCO)CCc1ccccc1. The van der Waals surface area contributed by atoms with Crippen LogP contribution < -0.4 is 5.56 Å². The number of pyridine rings is 1. The zero-order valence-electron chi connectivity index (χ0n) is 12.6. The number of hydrogen-bond acceptors (Lipinski definition) is 3. The number of aromatic amines is 1. The summed E-state index contributed by atoms with van der Waals surface area (Å²) in [7, 11) is 0. The highest BCUT2D eigenvalue weighted by atomic mass is 16.3. The maximum atomic E-state index is 12.6. The zero-order chi connectivity index (χ0) is 15.9. The van der Waals surface area contributed by atoms with Crippen molar-refractivity contribution >= 4 is 5.91 Å². The number of aliphatic hydroxyl groups excluding tert-OH is 1. The van der Waals surface area contributed by atoms with Crippen LogP contribution in [0.25, 0.3) is 0 Å². The molecule has 0 aliphatic carbocycles. The van der Waals surface area contributed by atoms with Crippen molar-refractivity contribution in [2.24, 2.45) is 0 Å². The van der Waals surface area contributed by atoms with Crippen LogP contribution in [0.3, 0.4) is 0 Å². The Morgan fingerprint density at radius 2 is 1.86 bits per heavy atom. The molecule has 0 saturated heterocycles. The van der Waals surface area contributed by atoms with Crippen LogP contribution in [0.2, 0.25) is 0 Å². The van der Waals surface area contributed by atoms with Gasteiger partial charge in [-0.3, -0.25) is 9.59 Å². The number of H-pyrrole nitrogens is 1. The quantitative estimate of drug-likeness (QED) is 0.846. The number of carbonyl (C=O) groups is 1. The van der Waals surface area contributed by atoms with Crippen molar-refractivity contribution in [1.29, 1.82) is 0 Å². The smallest absolute Gasteiger partial charge is 0.255 e. The summed E-state index contributed by atoms with van der Waals surface area (Å²) < 4.78 is 0. The van der Waals surface area contributed by atoms with E-state index < -0.39 is 0 Å². The van der Waals surface area contributed by atoms with E-state index in [1.54, 1.807) is 11.8 Å². The highest BCUT2D eigenvalue weighted by molar-refractivity contribution is 5.95. The summed E-state index contributed by atoms with van der Waals surface area (Å²) in [5, 5.41) is 9.19. The molecule has 2 aromatic rings. The molecule has 1 aromatic carbocycles. The van der Waals surface area contributed by atoms with Crippen LogP contribution in [0.1, 0.15) is 21.6 Å². The fraction of sp³-hybridized carbons (Fsp3) is 0.294. The summed E-state index contributed by atoms with van der Waals surface area (Å²) in [4.78, 5) is 28.1. The van der Waals surface area contributed by atoms with Gasteiger partial charge < -0.3 is 15.0 Å². The van der Waals surface area contributed by atoms with E-state index in [1.165, 1.54) is 12.1 Å². The van der Waals surface area contributed by atoms with E-state index >= 15 is 0 Å². The first kappa shape index (κ1) is 16.0. The molecule has 0 unspecified atom stereocenters. The molecule has 0 aliphatic heterocycles. The van der Waals surface area contributed by atoms with Crippen LogP contribution in [0.4, 0.5) is 0 Å². The lowest BCUT2D eigenvalue weighted by Gasteiger charge is -2.22. The Morgan fingerprint density at radius 1 is 1.14 bits per heavy atom. The van der Waals surface area contributed by atoms with Gasteiger partial charge in [-0.25, -0.2) is 0 Å². The predicted molar refractivity (Wildman–Crippen MR) is 84.9 cm³/mol. The van der Waals surface area contributed by atoms with Crippen LogP contribution in [0, 0.1) is 6.92 Å². The highest BCUT2D eigenvalue weighted by Gasteiger charge is 2.17. The van der Waals surface area contributed by atoms with E-state index in [2.05, 4.69) is 4.98 Å². The van der Waals surface area contributed by atoms with Crippen LogP contribution in [0.15, 0.2) is 47.3 Å². The van der Waals surface area contributed by atoms with Gasteiger partial charge in [0.15, 0.2) is 0 Å². The fourth-order valence-corrected chi connectivity index (χ4v) is 2.32. The molecule has 0 saturated carbocycles. The van der Waals surface area contributed by atoms with E-state index in [4.69, 9.17) is 0 Å². The van der Waals surface area contributed by atoms with Gasteiger partial charge in [0.1, 0.15) is 0 Å². The Hall–Kier alpha value is -2.40. The van der Waals surface area contributed by atoms with Crippen molar-refractivity contribution in [1.82, 2.24) is 9.88 Å². The molecule has 0 aliphatic rings. The molecule has 5 nitrogen and oxygen atoms in total. The average Bonchev–Trinajstić information content (AvgIpc) is 2.52. The Morgan fingerprint density at radius 3 is 2.50 bits per heavy atom. The first-order chi connectivity index (χ1) is 10.6. The van der Waals surface area contributed by atoms with E-state index in [9.17, 15) is 14.7 Å². The van der Waals surface area contributed by atoms with Crippen LogP contribution in [0.5, 0.6) is 0 Å². The van der Waals surface area contributed by atoms with Crippen molar-refractivity contribution < 1.29 is 9.90 Å². The first-order valence-corrected chi connectivity index (χ1v) is 7.26. The molecule has 2 rings (SSSR count). The molecule has 5 heteroatoms. The molecule has 0 radical (unpaired) electrons. The highest BCUT2D eigenvalue weighted by Crippen LogP contribution is 2.09. The van der Waals surface area contributed by atoms with Gasteiger partial charge in [0.2, 0.25) is 5.56 Å². The van der Waals surface area contributed by atoms with E-state index in [0.29, 0.717) is 17.8 Å². The third-order valence-corrected chi connectivity index (χ3v) is 3.52. The molecular formula is C17H20N2O3. The monoisotopic (exact) mass is 300 g/mol. The van der Waals surface area contributed by atoms with Crippen LogP contribution in [-0.4, -0.2) is 40.6 Å². The molecule has 1 aromatic heterocycles. The average molecular weight is 300 g/mol. The van der Waals surface area contributed by atoms with E-state index in [0.717, 1.165) is 12.0 Å². The molecule has 0 atom stereocenters. The van der Waals surface area contributed by atoms with Crippen LogP contribution >= 0.6 is 0 Å². The molecular weight excluding hydrogens is 280 g/mol. The van der Waals surface area contributed by atoms with Crippen molar-refractivity contribution in [2.45, 2.75) is 13.3 Å². The number of rotatable bonds is 6. The van der Waals surface area contributed by atoms with Crippen molar-refractivity contribution in [2.75, 3.05) is 19.7 Å². The summed E-state index contributed by atoms with van der Waals surface area (Å²) in [6.45, 7) is 2.39. The molecule has 1 amide bonds. The largest absolute Gasteiger partial charge is 0.395 e. The van der Waals surface area contributed by atoms with Gasteiger partial charge in [-0.05, 0) is 25.0 Å². The van der Waals surface area contributed by atoms with Gasteiger partial charge >= 0.3 is 0 Å². The lowest BCUT2D eigenvalue weighted by atomic mass is 10.1. The number of benzene rings is 1. The molecule has 22 heavy (non-hydrogen) atoms. The number of aliphatic hydroxyl groups is 1. The summed E-state index contributed by atoms with van der Waals surface area (Å²) in [5.41, 5.74) is 1.91. The lowest BCUT2D eigenvalue weighted by molar-refractivity contribution is 0.0722. The summed E-state index contributed by atoms with van der Waals surface area (Å²) in [6, 6.07) is 12.8. The Kier molecular flexibility index (Phi) is 5.49. The molecule has 0 bridgehead atoms. The maximum absolute atomic E-state index is 12.6. The normalized spacial score (nSPS) is 10.5. The maximum Gasteiger partial charge on any atom is 0.255 e. The molecule has 116 valence electrons. The second-order valence-corrected chi connectivity index (χ2v) is 5.11. The second-order valence-electron chi connectivity index (χ2n) is 5.11. The molecule has 2 N–H and O–H groups in total. The minimum Gasteiger partial charge on any atom is -0.395 e. The van der Waals surface area contributed by atoms with Gasteiger partial charge in [-0.15, -0.1) is 0 Å². The minimum absolute atomic E-state index is 0.0943. The Bertz CT molecular complexity index is 680. The minimum atomic E-state index is -0.230. The topological polar surface area (TPSA) is 73.4 Å². The Labute approximate surface area is 129 Å². The molecule has 0 spiro atoms. The molecule has 0 fully saturated rings. The van der Waals surface area contributed by atoms with Gasteiger partial charge in [0.25, 0.3) is 5.91 Å². The fourth-order valence-electron chi connectivity index (χ4n) is 2.32. The number of aryl methyl sites for hydroxylation is 1. The number of nitrogens with one attached hydrogen (secondary N) is 1. The standard InChI is InChI=1S/C17H20N2O3/c1-13-15(7-8-16(21)18-13)17(22)19(11-12-20)10-9-14-5-3-2-4-6-14/h2-8,20H,9-12H2,1H3,(H,18,21). The number of amides is 1. The van der Waals surface area contributed by atoms with Gasteiger partial charge in [-0.2, -0.15) is 0 Å². The van der Waals surface area contributed by atoms with Gasteiger partial charge in [-0.1, -0.05) is 30.3 Å². The summed E-state index contributed by atoms with van der Waals surface area (Å²) in [6.07, 6.45) is 0.717. The van der Waals surface area contributed by atoms with Gasteiger partial charge in [0, 0.05) is 24.8 Å². The van der Waals surface area contributed by atoms with E-state index in [-0.39, 0.29) is 24.6 Å². The van der Waals surface area contributed by atoms with E-state index in [1.807, 2.05) is 30.3 Å². The predicted octanol–water partition coefficient (Wildman–Crippen LogP) is 1.36. The zero-order valence-corrected chi connectivity index (χ0v) is 12.6.